The molecule has 0 aromatic heterocycles. The summed E-state index contributed by atoms with van der Waals surface area (Å²) in [6, 6.07) is 15.6. The van der Waals surface area contributed by atoms with E-state index >= 15 is 0 Å². The maximum Gasteiger partial charge on any atom is 0.241 e. The average molecular weight is 401 g/mol. The zero-order chi connectivity index (χ0) is 20.3. The molecule has 6 heteroatoms. The number of ether oxygens (including phenoxy) is 1. The first kappa shape index (κ1) is 20.1. The standard InChI is InChI=1S/C22H22ClFN2O2/c1-14(22(27)25-21-9-7-18(24)12-20(21)23)26(2)13-15-4-5-17-11-19(28-3)8-6-16(17)10-15/h4-12,14H,13H2,1-3H3,(H,25,27). The molecule has 0 fully saturated rings. The molecule has 1 unspecified atom stereocenters. The zero-order valence-electron chi connectivity index (χ0n) is 16.0. The van der Waals surface area contributed by atoms with Gasteiger partial charge in [-0.25, -0.2) is 4.39 Å². The molecule has 0 heterocycles. The summed E-state index contributed by atoms with van der Waals surface area (Å²) in [5, 5.41) is 5.14. The van der Waals surface area contributed by atoms with Crippen molar-refractivity contribution in [1.29, 1.82) is 0 Å². The fraction of sp³-hybridized carbons (Fsp3) is 0.227. The van der Waals surface area contributed by atoms with Gasteiger partial charge < -0.3 is 10.1 Å². The highest BCUT2D eigenvalue weighted by Crippen LogP contribution is 2.24. The Hall–Kier alpha value is -2.63. The Morgan fingerprint density at radius 2 is 1.86 bits per heavy atom. The second-order valence-electron chi connectivity index (χ2n) is 6.75. The van der Waals surface area contributed by atoms with Gasteiger partial charge in [-0.05, 0) is 66.7 Å². The first-order valence-corrected chi connectivity index (χ1v) is 9.28. The van der Waals surface area contributed by atoms with Crippen molar-refractivity contribution in [2.24, 2.45) is 0 Å². The number of likely N-dealkylation sites (N-methyl/N-ethyl adjacent to an activating group) is 1. The van der Waals surface area contributed by atoms with E-state index in [0.29, 0.717) is 12.2 Å². The summed E-state index contributed by atoms with van der Waals surface area (Å²) in [5.74, 6) is 0.172. The Bertz CT molecular complexity index is 1010. The molecule has 3 rings (SSSR count). The smallest absolute Gasteiger partial charge is 0.241 e. The highest BCUT2D eigenvalue weighted by atomic mass is 35.5. The van der Waals surface area contributed by atoms with Crippen molar-refractivity contribution in [2.75, 3.05) is 19.5 Å². The molecule has 0 spiro atoms. The van der Waals surface area contributed by atoms with Crippen LogP contribution < -0.4 is 10.1 Å². The molecule has 0 bridgehead atoms. The van der Waals surface area contributed by atoms with E-state index in [-0.39, 0.29) is 10.9 Å². The topological polar surface area (TPSA) is 41.6 Å². The Balaban J connectivity index is 1.68. The van der Waals surface area contributed by atoms with Gasteiger partial charge in [0.1, 0.15) is 11.6 Å². The molecule has 0 aliphatic carbocycles. The van der Waals surface area contributed by atoms with Crippen LogP contribution in [0.25, 0.3) is 10.8 Å². The summed E-state index contributed by atoms with van der Waals surface area (Å²) in [5.41, 5.74) is 1.49. The van der Waals surface area contributed by atoms with Crippen LogP contribution >= 0.6 is 11.6 Å². The molecule has 3 aromatic rings. The molecule has 0 aliphatic rings. The lowest BCUT2D eigenvalue weighted by Gasteiger charge is -2.24. The molecule has 1 N–H and O–H groups in total. The van der Waals surface area contributed by atoms with Crippen molar-refractivity contribution in [2.45, 2.75) is 19.5 Å². The molecule has 0 saturated heterocycles. The van der Waals surface area contributed by atoms with Gasteiger partial charge in [0.25, 0.3) is 0 Å². The van der Waals surface area contributed by atoms with Gasteiger partial charge >= 0.3 is 0 Å². The molecule has 0 saturated carbocycles. The first-order chi connectivity index (χ1) is 13.4. The number of hydrogen-bond acceptors (Lipinski definition) is 3. The third-order valence-corrected chi connectivity index (χ3v) is 5.09. The number of anilines is 1. The number of benzene rings is 3. The maximum atomic E-state index is 13.2. The average Bonchev–Trinajstić information content (AvgIpc) is 2.68. The van der Waals surface area contributed by atoms with Crippen LogP contribution in [-0.2, 0) is 11.3 Å². The van der Waals surface area contributed by atoms with Gasteiger partial charge in [0.05, 0.1) is 23.9 Å². The molecule has 1 atom stereocenters. The fourth-order valence-electron chi connectivity index (χ4n) is 2.95. The zero-order valence-corrected chi connectivity index (χ0v) is 16.8. The van der Waals surface area contributed by atoms with Gasteiger partial charge in [0.15, 0.2) is 0 Å². The number of rotatable bonds is 6. The summed E-state index contributed by atoms with van der Waals surface area (Å²) >= 11 is 5.99. The van der Waals surface area contributed by atoms with E-state index < -0.39 is 11.9 Å². The predicted octanol–water partition coefficient (Wildman–Crippen LogP) is 5.10. The summed E-state index contributed by atoms with van der Waals surface area (Å²) in [6.45, 7) is 2.42. The van der Waals surface area contributed by atoms with Gasteiger partial charge in [-0.15, -0.1) is 0 Å². The number of halogens is 2. The monoisotopic (exact) mass is 400 g/mol. The third kappa shape index (κ3) is 4.61. The summed E-state index contributed by atoms with van der Waals surface area (Å²) in [7, 11) is 3.53. The number of methoxy groups -OCH3 is 1. The number of amides is 1. The van der Waals surface area contributed by atoms with Crippen LogP contribution in [0.3, 0.4) is 0 Å². The molecule has 3 aromatic carbocycles. The van der Waals surface area contributed by atoms with Crippen molar-refractivity contribution in [3.8, 4) is 5.75 Å². The van der Waals surface area contributed by atoms with E-state index in [4.69, 9.17) is 16.3 Å². The minimum absolute atomic E-state index is 0.174. The van der Waals surface area contributed by atoms with E-state index in [0.717, 1.165) is 22.1 Å². The Morgan fingerprint density at radius 3 is 2.57 bits per heavy atom. The quantitative estimate of drug-likeness (QED) is 0.625. The van der Waals surface area contributed by atoms with E-state index in [2.05, 4.69) is 11.4 Å². The number of fused-ring (bicyclic) bond motifs is 1. The Kier molecular flexibility index (Phi) is 6.17. The van der Waals surface area contributed by atoms with Crippen LogP contribution in [0.5, 0.6) is 5.75 Å². The predicted molar refractivity (Wildman–Crippen MR) is 111 cm³/mol. The minimum Gasteiger partial charge on any atom is -0.497 e. The van der Waals surface area contributed by atoms with Crippen molar-refractivity contribution >= 4 is 34.0 Å². The summed E-state index contributed by atoms with van der Waals surface area (Å²) < 4.78 is 18.4. The second kappa shape index (κ2) is 8.59. The van der Waals surface area contributed by atoms with Gasteiger partial charge in [-0.1, -0.05) is 29.8 Å². The highest BCUT2D eigenvalue weighted by Gasteiger charge is 2.19. The molecule has 28 heavy (non-hydrogen) atoms. The molecular formula is C22H22ClFN2O2. The van der Waals surface area contributed by atoms with Crippen molar-refractivity contribution in [3.63, 3.8) is 0 Å². The number of nitrogens with zero attached hydrogens (tertiary/aromatic N) is 1. The van der Waals surface area contributed by atoms with E-state index in [1.807, 2.05) is 49.2 Å². The molecule has 0 radical (unpaired) electrons. The Labute approximate surface area is 168 Å². The van der Waals surface area contributed by atoms with Crippen LogP contribution in [0.1, 0.15) is 12.5 Å². The Morgan fingerprint density at radius 1 is 1.14 bits per heavy atom. The van der Waals surface area contributed by atoms with Crippen LogP contribution in [0, 0.1) is 5.82 Å². The lowest BCUT2D eigenvalue weighted by Crippen LogP contribution is -2.39. The van der Waals surface area contributed by atoms with Crippen molar-refractivity contribution in [1.82, 2.24) is 4.90 Å². The normalized spacial score (nSPS) is 12.2. The van der Waals surface area contributed by atoms with Gasteiger partial charge in [0, 0.05) is 6.54 Å². The van der Waals surface area contributed by atoms with Crippen LogP contribution in [0.4, 0.5) is 10.1 Å². The number of carbonyl (C=O) groups excluding carboxylic acids is 1. The number of nitrogens with one attached hydrogen (secondary N) is 1. The van der Waals surface area contributed by atoms with Crippen molar-refractivity contribution in [3.05, 3.63) is 71.0 Å². The van der Waals surface area contributed by atoms with Gasteiger partial charge in [-0.2, -0.15) is 0 Å². The van der Waals surface area contributed by atoms with Gasteiger partial charge in [0.2, 0.25) is 5.91 Å². The molecule has 1 amide bonds. The van der Waals surface area contributed by atoms with Crippen molar-refractivity contribution < 1.29 is 13.9 Å². The molecular weight excluding hydrogens is 379 g/mol. The largest absolute Gasteiger partial charge is 0.497 e. The lowest BCUT2D eigenvalue weighted by molar-refractivity contribution is -0.120. The third-order valence-electron chi connectivity index (χ3n) is 4.77. The van der Waals surface area contributed by atoms with Crippen LogP contribution in [0.15, 0.2) is 54.6 Å². The number of carbonyl (C=O) groups is 1. The minimum atomic E-state index is -0.443. The highest BCUT2D eigenvalue weighted by molar-refractivity contribution is 6.33. The maximum absolute atomic E-state index is 13.2. The lowest BCUT2D eigenvalue weighted by atomic mass is 10.1. The van der Waals surface area contributed by atoms with E-state index in [9.17, 15) is 9.18 Å². The van der Waals surface area contributed by atoms with Crippen LogP contribution in [-0.4, -0.2) is 31.0 Å². The van der Waals surface area contributed by atoms with E-state index in [1.165, 1.54) is 18.2 Å². The second-order valence-corrected chi connectivity index (χ2v) is 7.16. The molecule has 4 nitrogen and oxygen atoms in total. The first-order valence-electron chi connectivity index (χ1n) is 8.90. The summed E-state index contributed by atoms with van der Waals surface area (Å²) in [6.07, 6.45) is 0. The molecule has 146 valence electrons. The van der Waals surface area contributed by atoms with Gasteiger partial charge in [-0.3, -0.25) is 9.69 Å². The number of hydrogen-bond donors (Lipinski definition) is 1. The SMILES string of the molecule is COc1ccc2cc(CN(C)C(C)C(=O)Nc3ccc(F)cc3Cl)ccc2c1. The molecule has 0 aliphatic heterocycles. The fourth-order valence-corrected chi connectivity index (χ4v) is 3.17. The van der Waals surface area contributed by atoms with E-state index in [1.54, 1.807) is 7.11 Å². The summed E-state index contributed by atoms with van der Waals surface area (Å²) in [4.78, 5) is 14.5. The van der Waals surface area contributed by atoms with Crippen LogP contribution in [0.2, 0.25) is 5.02 Å².